The minimum Gasteiger partial charge on any atom is -0.316 e. The van der Waals surface area contributed by atoms with Gasteiger partial charge in [-0.1, -0.05) is 44.2 Å². The van der Waals surface area contributed by atoms with Crippen LogP contribution in [0.2, 0.25) is 0 Å². The Labute approximate surface area is 127 Å². The van der Waals surface area contributed by atoms with Crippen molar-refractivity contribution in [2.75, 3.05) is 24.6 Å². The summed E-state index contributed by atoms with van der Waals surface area (Å²) >= 11 is 2.19. The van der Waals surface area contributed by atoms with Gasteiger partial charge in [0.25, 0.3) is 0 Å². The van der Waals surface area contributed by atoms with Gasteiger partial charge in [0.2, 0.25) is 0 Å². The first-order valence-corrected chi connectivity index (χ1v) is 9.12. The molecule has 2 aliphatic heterocycles. The Balaban J connectivity index is 1.87. The number of hydrogen-bond donors (Lipinski definition) is 1. The Kier molecular flexibility index (Phi) is 4.14. The maximum Gasteiger partial charge on any atom is -0.000195 e. The van der Waals surface area contributed by atoms with Crippen molar-refractivity contribution in [2.45, 2.75) is 33.1 Å². The van der Waals surface area contributed by atoms with Crippen LogP contribution in [0.1, 0.15) is 32.3 Å². The monoisotopic (exact) mass is 289 g/mol. The van der Waals surface area contributed by atoms with E-state index in [2.05, 4.69) is 61.3 Å². The van der Waals surface area contributed by atoms with Crippen molar-refractivity contribution in [1.29, 1.82) is 0 Å². The number of piperidine rings is 1. The molecule has 0 radical (unpaired) electrons. The first-order chi connectivity index (χ1) is 9.64. The van der Waals surface area contributed by atoms with Gasteiger partial charge in [-0.3, -0.25) is 0 Å². The molecule has 2 unspecified atom stereocenters. The lowest BCUT2D eigenvalue weighted by Gasteiger charge is -2.57. The van der Waals surface area contributed by atoms with Crippen molar-refractivity contribution in [3.63, 3.8) is 0 Å². The summed E-state index contributed by atoms with van der Waals surface area (Å²) in [6, 6.07) is 11.1. The van der Waals surface area contributed by atoms with E-state index < -0.39 is 0 Å². The minimum absolute atomic E-state index is 0.486. The molecule has 0 saturated carbocycles. The smallest absolute Gasteiger partial charge is 0.000195 e. The summed E-state index contributed by atoms with van der Waals surface area (Å²) in [5.74, 6) is 3.49. The lowest BCUT2D eigenvalue weighted by atomic mass is 9.54. The normalized spacial score (nSPS) is 33.2. The van der Waals surface area contributed by atoms with Gasteiger partial charge in [0.15, 0.2) is 0 Å². The SMILES string of the molecule is CC1(C)CCSCC12CCNCC2Cc1ccccc1. The van der Waals surface area contributed by atoms with Gasteiger partial charge >= 0.3 is 0 Å². The zero-order chi connectivity index (χ0) is 14.1. The van der Waals surface area contributed by atoms with Crippen LogP contribution in [-0.4, -0.2) is 24.6 Å². The fourth-order valence-corrected chi connectivity index (χ4v) is 6.19. The van der Waals surface area contributed by atoms with Crippen LogP contribution < -0.4 is 5.32 Å². The second kappa shape index (κ2) is 5.73. The number of benzene rings is 1. The van der Waals surface area contributed by atoms with Crippen molar-refractivity contribution < 1.29 is 0 Å². The number of hydrogen-bond acceptors (Lipinski definition) is 2. The summed E-state index contributed by atoms with van der Waals surface area (Å²) in [5.41, 5.74) is 2.52. The Hall–Kier alpha value is -0.470. The number of nitrogens with one attached hydrogen (secondary N) is 1. The molecule has 2 heteroatoms. The lowest BCUT2D eigenvalue weighted by molar-refractivity contribution is -0.00856. The highest BCUT2D eigenvalue weighted by atomic mass is 32.2. The average molecular weight is 289 g/mol. The molecule has 3 rings (SSSR count). The second-order valence-corrected chi connectivity index (χ2v) is 8.29. The molecule has 0 amide bonds. The third-order valence-electron chi connectivity index (χ3n) is 5.82. The van der Waals surface area contributed by atoms with E-state index in [9.17, 15) is 0 Å². The third kappa shape index (κ3) is 2.53. The molecule has 0 aromatic heterocycles. The van der Waals surface area contributed by atoms with Crippen molar-refractivity contribution in [1.82, 2.24) is 5.32 Å². The summed E-state index contributed by atoms with van der Waals surface area (Å²) in [7, 11) is 0. The molecule has 110 valence electrons. The van der Waals surface area contributed by atoms with E-state index >= 15 is 0 Å². The molecule has 2 fully saturated rings. The fourth-order valence-electron chi connectivity index (χ4n) is 4.26. The average Bonchev–Trinajstić information content (AvgIpc) is 2.45. The van der Waals surface area contributed by atoms with Gasteiger partial charge in [-0.2, -0.15) is 11.8 Å². The van der Waals surface area contributed by atoms with E-state index in [1.54, 1.807) is 0 Å². The molecule has 2 heterocycles. The van der Waals surface area contributed by atoms with E-state index in [0.29, 0.717) is 10.8 Å². The number of thioether (sulfide) groups is 1. The molecular weight excluding hydrogens is 262 g/mol. The summed E-state index contributed by atoms with van der Waals surface area (Å²) in [6.45, 7) is 7.44. The Morgan fingerprint density at radius 1 is 1.20 bits per heavy atom. The molecule has 2 aliphatic rings. The maximum absolute atomic E-state index is 3.66. The summed E-state index contributed by atoms with van der Waals surface area (Å²) in [5, 5.41) is 3.66. The van der Waals surface area contributed by atoms with Crippen LogP contribution in [0.15, 0.2) is 30.3 Å². The molecule has 0 bridgehead atoms. The van der Waals surface area contributed by atoms with E-state index in [0.717, 1.165) is 5.92 Å². The summed E-state index contributed by atoms with van der Waals surface area (Å²) < 4.78 is 0. The fraction of sp³-hybridized carbons (Fsp3) is 0.667. The molecular formula is C18H27NS. The van der Waals surface area contributed by atoms with Crippen LogP contribution in [0, 0.1) is 16.7 Å². The van der Waals surface area contributed by atoms with Crippen molar-refractivity contribution in [3.8, 4) is 0 Å². The maximum atomic E-state index is 3.66. The molecule has 1 aromatic carbocycles. The predicted octanol–water partition coefficient (Wildman–Crippen LogP) is 3.99. The molecule has 0 aliphatic carbocycles. The Morgan fingerprint density at radius 3 is 2.75 bits per heavy atom. The summed E-state index contributed by atoms with van der Waals surface area (Å²) in [6.07, 6.45) is 3.96. The van der Waals surface area contributed by atoms with Gasteiger partial charge in [-0.05, 0) is 66.2 Å². The molecule has 1 N–H and O–H groups in total. The van der Waals surface area contributed by atoms with Crippen molar-refractivity contribution >= 4 is 11.8 Å². The molecule has 20 heavy (non-hydrogen) atoms. The second-order valence-electron chi connectivity index (χ2n) is 7.18. The van der Waals surface area contributed by atoms with Gasteiger partial charge in [-0.25, -0.2) is 0 Å². The van der Waals surface area contributed by atoms with E-state index in [1.165, 1.54) is 49.4 Å². The molecule has 1 nitrogen and oxygen atoms in total. The quantitative estimate of drug-likeness (QED) is 0.883. The van der Waals surface area contributed by atoms with Crippen LogP contribution >= 0.6 is 11.8 Å². The molecule has 2 atom stereocenters. The van der Waals surface area contributed by atoms with Gasteiger partial charge in [0, 0.05) is 0 Å². The highest BCUT2D eigenvalue weighted by Gasteiger charge is 2.52. The van der Waals surface area contributed by atoms with Crippen molar-refractivity contribution in [2.24, 2.45) is 16.7 Å². The van der Waals surface area contributed by atoms with Gasteiger partial charge in [0.05, 0.1) is 0 Å². The molecule has 1 aromatic rings. The van der Waals surface area contributed by atoms with Crippen LogP contribution in [0.5, 0.6) is 0 Å². The highest BCUT2D eigenvalue weighted by molar-refractivity contribution is 7.99. The zero-order valence-electron chi connectivity index (χ0n) is 12.8. The van der Waals surface area contributed by atoms with Crippen LogP contribution in [0.4, 0.5) is 0 Å². The minimum atomic E-state index is 0.486. The first kappa shape index (κ1) is 14.5. The van der Waals surface area contributed by atoms with Gasteiger partial charge in [0.1, 0.15) is 0 Å². The standard InChI is InChI=1S/C18H27NS/c1-17(2)9-11-20-14-18(17)8-10-19-13-16(18)12-15-6-4-3-5-7-15/h3-7,16,19H,8-14H2,1-2H3. The zero-order valence-corrected chi connectivity index (χ0v) is 13.6. The van der Waals surface area contributed by atoms with Crippen LogP contribution in [0.3, 0.4) is 0 Å². The predicted molar refractivity (Wildman–Crippen MR) is 89.3 cm³/mol. The van der Waals surface area contributed by atoms with E-state index in [-0.39, 0.29) is 0 Å². The topological polar surface area (TPSA) is 12.0 Å². The third-order valence-corrected chi connectivity index (χ3v) is 7.04. The first-order valence-electron chi connectivity index (χ1n) is 7.96. The Morgan fingerprint density at radius 2 is 2.00 bits per heavy atom. The largest absolute Gasteiger partial charge is 0.316 e. The van der Waals surface area contributed by atoms with Crippen molar-refractivity contribution in [3.05, 3.63) is 35.9 Å². The van der Waals surface area contributed by atoms with E-state index in [1.807, 2.05) is 0 Å². The number of rotatable bonds is 2. The molecule has 2 saturated heterocycles. The van der Waals surface area contributed by atoms with Gasteiger partial charge in [-0.15, -0.1) is 0 Å². The van der Waals surface area contributed by atoms with Crippen LogP contribution in [-0.2, 0) is 6.42 Å². The van der Waals surface area contributed by atoms with E-state index in [4.69, 9.17) is 0 Å². The lowest BCUT2D eigenvalue weighted by Crippen LogP contribution is -2.56. The molecule has 1 spiro atoms. The van der Waals surface area contributed by atoms with Gasteiger partial charge < -0.3 is 5.32 Å². The van der Waals surface area contributed by atoms with Crippen LogP contribution in [0.25, 0.3) is 0 Å². The highest BCUT2D eigenvalue weighted by Crippen LogP contribution is 2.56. The Bertz CT molecular complexity index is 436. The summed E-state index contributed by atoms with van der Waals surface area (Å²) in [4.78, 5) is 0.